The SMILES string of the molecule is O=C(O)C(F)(C1CCC1)C(F)(F)F. The topological polar surface area (TPSA) is 37.3 Å². The van der Waals surface area contributed by atoms with Crippen LogP contribution in [0.15, 0.2) is 0 Å². The van der Waals surface area contributed by atoms with Crippen LogP contribution in [0.1, 0.15) is 19.3 Å². The zero-order valence-electron chi connectivity index (χ0n) is 6.57. The van der Waals surface area contributed by atoms with Crippen molar-refractivity contribution >= 4 is 5.97 Å². The van der Waals surface area contributed by atoms with E-state index >= 15 is 0 Å². The average molecular weight is 200 g/mol. The van der Waals surface area contributed by atoms with Crippen molar-refractivity contribution in [2.45, 2.75) is 31.1 Å². The van der Waals surface area contributed by atoms with Gasteiger partial charge in [0.15, 0.2) is 0 Å². The van der Waals surface area contributed by atoms with Crippen molar-refractivity contribution in [3.8, 4) is 0 Å². The Bertz CT molecular complexity index is 221. The van der Waals surface area contributed by atoms with E-state index in [4.69, 9.17) is 5.11 Å². The first-order chi connectivity index (χ1) is 5.80. The van der Waals surface area contributed by atoms with Crippen LogP contribution < -0.4 is 0 Å². The number of hydrogen-bond acceptors (Lipinski definition) is 1. The first-order valence-corrected chi connectivity index (χ1v) is 3.79. The number of carboxylic acid groups (broad SMARTS) is 1. The van der Waals surface area contributed by atoms with Gasteiger partial charge in [-0.2, -0.15) is 13.2 Å². The second-order valence-electron chi connectivity index (χ2n) is 3.14. The highest BCUT2D eigenvalue weighted by Crippen LogP contribution is 2.48. The molecule has 0 aromatic carbocycles. The minimum absolute atomic E-state index is 0.0116. The molecule has 2 nitrogen and oxygen atoms in total. The standard InChI is InChI=1S/C7H8F4O2/c8-6(5(12)13,7(9,10)11)4-2-1-3-4/h4H,1-3H2,(H,12,13). The minimum atomic E-state index is -5.32. The third-order valence-electron chi connectivity index (χ3n) is 2.39. The maximum Gasteiger partial charge on any atom is 0.433 e. The van der Waals surface area contributed by atoms with E-state index in [1.54, 1.807) is 0 Å². The van der Waals surface area contributed by atoms with Gasteiger partial charge in [-0.25, -0.2) is 9.18 Å². The lowest BCUT2D eigenvalue weighted by Crippen LogP contribution is -2.55. The van der Waals surface area contributed by atoms with Gasteiger partial charge < -0.3 is 5.11 Å². The molecule has 13 heavy (non-hydrogen) atoms. The zero-order chi connectivity index (χ0) is 10.3. The number of rotatable bonds is 2. The summed E-state index contributed by atoms with van der Waals surface area (Å²) in [7, 11) is 0. The smallest absolute Gasteiger partial charge is 0.433 e. The molecular formula is C7H8F4O2. The van der Waals surface area contributed by atoms with Gasteiger partial charge >= 0.3 is 17.8 Å². The van der Waals surface area contributed by atoms with Gasteiger partial charge in [0.2, 0.25) is 0 Å². The lowest BCUT2D eigenvalue weighted by atomic mass is 9.73. The van der Waals surface area contributed by atoms with E-state index in [0.29, 0.717) is 6.42 Å². The van der Waals surface area contributed by atoms with Crippen LogP contribution in [0.3, 0.4) is 0 Å². The highest BCUT2D eigenvalue weighted by atomic mass is 19.4. The van der Waals surface area contributed by atoms with Crippen LogP contribution in [0.4, 0.5) is 17.6 Å². The number of carboxylic acids is 1. The fourth-order valence-corrected chi connectivity index (χ4v) is 1.33. The van der Waals surface area contributed by atoms with Crippen LogP contribution >= 0.6 is 0 Å². The Morgan fingerprint density at radius 2 is 1.69 bits per heavy atom. The molecule has 1 unspecified atom stereocenters. The summed E-state index contributed by atoms with van der Waals surface area (Å²) in [6.07, 6.45) is -4.88. The van der Waals surface area contributed by atoms with Crippen LogP contribution in [-0.4, -0.2) is 22.9 Å². The van der Waals surface area contributed by atoms with Gasteiger partial charge in [0, 0.05) is 5.92 Å². The van der Waals surface area contributed by atoms with Crippen LogP contribution in [0.2, 0.25) is 0 Å². The third-order valence-corrected chi connectivity index (χ3v) is 2.39. The van der Waals surface area contributed by atoms with Crippen molar-refractivity contribution < 1.29 is 27.5 Å². The molecule has 0 amide bonds. The predicted octanol–water partition coefficient (Wildman–Crippen LogP) is 2.14. The van der Waals surface area contributed by atoms with Crippen molar-refractivity contribution in [2.24, 2.45) is 5.92 Å². The van der Waals surface area contributed by atoms with Gasteiger partial charge in [-0.15, -0.1) is 0 Å². The Labute approximate surface area is 71.5 Å². The minimum Gasteiger partial charge on any atom is -0.479 e. The molecule has 0 aromatic rings. The highest BCUT2D eigenvalue weighted by Gasteiger charge is 2.67. The summed E-state index contributed by atoms with van der Waals surface area (Å²) < 4.78 is 49.4. The second-order valence-corrected chi connectivity index (χ2v) is 3.14. The molecule has 1 rings (SSSR count). The summed E-state index contributed by atoms with van der Waals surface area (Å²) in [6.45, 7) is 0. The lowest BCUT2D eigenvalue weighted by molar-refractivity contribution is -0.257. The van der Waals surface area contributed by atoms with Crippen LogP contribution in [0, 0.1) is 5.92 Å². The first-order valence-electron chi connectivity index (χ1n) is 3.79. The summed E-state index contributed by atoms with van der Waals surface area (Å²) in [6, 6.07) is 0. The van der Waals surface area contributed by atoms with E-state index in [2.05, 4.69) is 0 Å². The number of carbonyl (C=O) groups is 1. The summed E-state index contributed by atoms with van der Waals surface area (Å²) in [5.74, 6) is -3.84. The van der Waals surface area contributed by atoms with Gasteiger partial charge in [-0.1, -0.05) is 6.42 Å². The Morgan fingerprint density at radius 1 is 1.23 bits per heavy atom. The molecule has 76 valence electrons. The molecule has 0 bridgehead atoms. The molecule has 1 aliphatic carbocycles. The average Bonchev–Trinajstić information content (AvgIpc) is 1.79. The molecule has 0 spiro atoms. The van der Waals surface area contributed by atoms with Crippen LogP contribution in [-0.2, 0) is 4.79 Å². The maximum absolute atomic E-state index is 13.1. The van der Waals surface area contributed by atoms with Gasteiger partial charge in [0.05, 0.1) is 0 Å². The zero-order valence-corrected chi connectivity index (χ0v) is 6.57. The van der Waals surface area contributed by atoms with E-state index < -0.39 is 23.7 Å². The lowest BCUT2D eigenvalue weighted by Gasteiger charge is -2.36. The monoisotopic (exact) mass is 200 g/mol. The summed E-state index contributed by atoms with van der Waals surface area (Å²) in [5.41, 5.74) is -4.05. The van der Waals surface area contributed by atoms with Crippen molar-refractivity contribution in [2.75, 3.05) is 0 Å². The van der Waals surface area contributed by atoms with Crippen molar-refractivity contribution in [1.29, 1.82) is 0 Å². The molecule has 1 atom stereocenters. The molecule has 0 aromatic heterocycles. The molecule has 1 saturated carbocycles. The Hall–Kier alpha value is -0.810. The van der Waals surface area contributed by atoms with E-state index in [1.165, 1.54) is 0 Å². The van der Waals surface area contributed by atoms with E-state index in [0.717, 1.165) is 0 Å². The number of aliphatic carboxylic acids is 1. The van der Waals surface area contributed by atoms with Gasteiger partial charge in [-0.05, 0) is 12.8 Å². The highest BCUT2D eigenvalue weighted by molar-refractivity contribution is 5.79. The summed E-state index contributed by atoms with van der Waals surface area (Å²) in [5, 5.41) is 8.21. The predicted molar refractivity (Wildman–Crippen MR) is 34.9 cm³/mol. The van der Waals surface area contributed by atoms with Crippen molar-refractivity contribution in [1.82, 2.24) is 0 Å². The second kappa shape index (κ2) is 2.85. The molecule has 1 aliphatic rings. The Kier molecular flexibility index (Phi) is 2.25. The number of halogens is 4. The van der Waals surface area contributed by atoms with Crippen LogP contribution in [0.5, 0.6) is 0 Å². The van der Waals surface area contributed by atoms with Gasteiger partial charge in [-0.3, -0.25) is 0 Å². The Balaban J connectivity index is 2.93. The molecule has 0 aliphatic heterocycles. The molecule has 0 heterocycles. The van der Waals surface area contributed by atoms with Crippen molar-refractivity contribution in [3.63, 3.8) is 0 Å². The summed E-state index contributed by atoms with van der Waals surface area (Å²) >= 11 is 0. The fraction of sp³-hybridized carbons (Fsp3) is 0.857. The molecular weight excluding hydrogens is 192 g/mol. The van der Waals surface area contributed by atoms with Crippen LogP contribution in [0.25, 0.3) is 0 Å². The van der Waals surface area contributed by atoms with Gasteiger partial charge in [0.1, 0.15) is 0 Å². The largest absolute Gasteiger partial charge is 0.479 e. The molecule has 6 heteroatoms. The quantitative estimate of drug-likeness (QED) is 0.693. The molecule has 1 fully saturated rings. The van der Waals surface area contributed by atoms with Crippen molar-refractivity contribution in [3.05, 3.63) is 0 Å². The molecule has 0 saturated heterocycles. The van der Waals surface area contributed by atoms with E-state index in [9.17, 15) is 22.4 Å². The van der Waals surface area contributed by atoms with Gasteiger partial charge in [0.25, 0.3) is 0 Å². The third kappa shape index (κ3) is 1.38. The fourth-order valence-electron chi connectivity index (χ4n) is 1.33. The first kappa shape index (κ1) is 10.3. The molecule has 1 N–H and O–H groups in total. The normalized spacial score (nSPS) is 23.4. The molecule has 0 radical (unpaired) electrons. The van der Waals surface area contributed by atoms with E-state index in [-0.39, 0.29) is 12.8 Å². The number of alkyl halides is 4. The number of hydrogen-bond donors (Lipinski definition) is 1. The maximum atomic E-state index is 13.1. The van der Waals surface area contributed by atoms with E-state index in [1.807, 2.05) is 0 Å². The Morgan fingerprint density at radius 3 is 1.77 bits per heavy atom. The summed E-state index contributed by atoms with van der Waals surface area (Å²) in [4.78, 5) is 10.2.